The standard InChI is InChI=1S/C12H20O/c1-10-4-8-12(9-5-10)7-3-6-11(12,2)13/h4,13H,3,5-9H2,1-2H3. The molecular weight excluding hydrogens is 160 g/mol. The fourth-order valence-corrected chi connectivity index (χ4v) is 3.03. The van der Waals surface area contributed by atoms with Crippen molar-refractivity contribution in [2.75, 3.05) is 0 Å². The molecule has 1 fully saturated rings. The largest absolute Gasteiger partial charge is 0.390 e. The molecule has 2 rings (SSSR count). The highest BCUT2D eigenvalue weighted by molar-refractivity contribution is 5.13. The van der Waals surface area contributed by atoms with Gasteiger partial charge in [0.2, 0.25) is 0 Å². The van der Waals surface area contributed by atoms with Crippen molar-refractivity contribution in [2.24, 2.45) is 5.41 Å². The number of aliphatic hydroxyl groups is 1. The van der Waals surface area contributed by atoms with Crippen LogP contribution in [0.15, 0.2) is 11.6 Å². The first-order valence-electron chi connectivity index (χ1n) is 5.44. The molecule has 1 heteroatoms. The number of hydrogen-bond donors (Lipinski definition) is 1. The second kappa shape index (κ2) is 2.84. The minimum Gasteiger partial charge on any atom is -0.390 e. The van der Waals surface area contributed by atoms with E-state index in [2.05, 4.69) is 13.0 Å². The third-order valence-corrected chi connectivity index (χ3v) is 4.30. The van der Waals surface area contributed by atoms with E-state index in [0.29, 0.717) is 0 Å². The van der Waals surface area contributed by atoms with E-state index in [4.69, 9.17) is 0 Å². The van der Waals surface area contributed by atoms with Crippen molar-refractivity contribution in [1.82, 2.24) is 0 Å². The second-order valence-electron chi connectivity index (χ2n) is 5.16. The maximum Gasteiger partial charge on any atom is 0.0678 e. The van der Waals surface area contributed by atoms with Crippen LogP contribution in [0.2, 0.25) is 0 Å². The summed E-state index contributed by atoms with van der Waals surface area (Å²) in [6.07, 6.45) is 9.26. The van der Waals surface area contributed by atoms with Gasteiger partial charge < -0.3 is 5.11 Å². The van der Waals surface area contributed by atoms with Crippen molar-refractivity contribution in [2.45, 2.75) is 58.0 Å². The van der Waals surface area contributed by atoms with Crippen molar-refractivity contribution in [3.8, 4) is 0 Å². The number of hydrogen-bond acceptors (Lipinski definition) is 1. The molecule has 0 aromatic carbocycles. The maximum absolute atomic E-state index is 10.3. The average Bonchev–Trinajstić information content (AvgIpc) is 2.34. The zero-order valence-electron chi connectivity index (χ0n) is 8.77. The zero-order chi connectivity index (χ0) is 9.53. The summed E-state index contributed by atoms with van der Waals surface area (Å²) >= 11 is 0. The van der Waals surface area contributed by atoms with Gasteiger partial charge >= 0.3 is 0 Å². The van der Waals surface area contributed by atoms with Gasteiger partial charge in [0.25, 0.3) is 0 Å². The van der Waals surface area contributed by atoms with Gasteiger partial charge in [-0.1, -0.05) is 11.6 Å². The summed E-state index contributed by atoms with van der Waals surface area (Å²) in [6.45, 7) is 4.24. The van der Waals surface area contributed by atoms with Gasteiger partial charge in [-0.2, -0.15) is 0 Å². The average molecular weight is 180 g/mol. The van der Waals surface area contributed by atoms with Crippen LogP contribution in [0.4, 0.5) is 0 Å². The predicted octanol–water partition coefficient (Wildman–Crippen LogP) is 3.04. The van der Waals surface area contributed by atoms with Crippen LogP contribution in [-0.2, 0) is 0 Å². The van der Waals surface area contributed by atoms with Crippen molar-refractivity contribution in [3.05, 3.63) is 11.6 Å². The summed E-state index contributed by atoms with van der Waals surface area (Å²) in [6, 6.07) is 0. The van der Waals surface area contributed by atoms with Crippen molar-refractivity contribution < 1.29 is 5.11 Å². The van der Waals surface area contributed by atoms with Crippen molar-refractivity contribution in [3.63, 3.8) is 0 Å². The Hall–Kier alpha value is -0.300. The first-order valence-corrected chi connectivity index (χ1v) is 5.44. The van der Waals surface area contributed by atoms with Crippen LogP contribution in [0.25, 0.3) is 0 Å². The molecule has 0 bridgehead atoms. The summed E-state index contributed by atoms with van der Waals surface area (Å²) in [4.78, 5) is 0. The highest BCUT2D eigenvalue weighted by atomic mass is 16.3. The summed E-state index contributed by atoms with van der Waals surface area (Å²) < 4.78 is 0. The van der Waals surface area contributed by atoms with Crippen LogP contribution in [0.1, 0.15) is 52.4 Å². The Kier molecular flexibility index (Phi) is 2.03. The van der Waals surface area contributed by atoms with E-state index in [-0.39, 0.29) is 5.41 Å². The third-order valence-electron chi connectivity index (χ3n) is 4.30. The highest BCUT2D eigenvalue weighted by Gasteiger charge is 2.50. The lowest BCUT2D eigenvalue weighted by molar-refractivity contribution is -0.0515. The van der Waals surface area contributed by atoms with E-state index in [1.54, 1.807) is 0 Å². The fourth-order valence-electron chi connectivity index (χ4n) is 3.03. The van der Waals surface area contributed by atoms with Gasteiger partial charge in [-0.05, 0) is 52.4 Å². The summed E-state index contributed by atoms with van der Waals surface area (Å²) in [7, 11) is 0. The molecule has 1 N–H and O–H groups in total. The number of allylic oxidation sites excluding steroid dienone is 2. The van der Waals surface area contributed by atoms with Crippen molar-refractivity contribution >= 4 is 0 Å². The van der Waals surface area contributed by atoms with Crippen LogP contribution in [0.5, 0.6) is 0 Å². The van der Waals surface area contributed by atoms with Crippen LogP contribution >= 0.6 is 0 Å². The van der Waals surface area contributed by atoms with E-state index in [1.165, 1.54) is 31.3 Å². The van der Waals surface area contributed by atoms with Gasteiger partial charge in [0.05, 0.1) is 5.60 Å². The summed E-state index contributed by atoms with van der Waals surface area (Å²) in [5, 5.41) is 10.3. The quantitative estimate of drug-likeness (QED) is 0.568. The molecule has 1 saturated carbocycles. The Balaban J connectivity index is 2.22. The van der Waals surface area contributed by atoms with Crippen molar-refractivity contribution in [1.29, 1.82) is 0 Å². The summed E-state index contributed by atoms with van der Waals surface area (Å²) in [5.74, 6) is 0. The molecule has 0 amide bonds. The molecule has 0 aromatic heterocycles. The Morgan fingerprint density at radius 3 is 2.54 bits per heavy atom. The van der Waals surface area contributed by atoms with E-state index in [0.717, 1.165) is 12.8 Å². The molecular formula is C12H20O. The van der Waals surface area contributed by atoms with E-state index < -0.39 is 5.60 Å². The van der Waals surface area contributed by atoms with Gasteiger partial charge in [0, 0.05) is 5.41 Å². The Labute approximate surface area is 80.8 Å². The second-order valence-corrected chi connectivity index (χ2v) is 5.16. The SMILES string of the molecule is CC1=CCC2(CCCC2(C)O)CC1. The molecule has 2 unspecified atom stereocenters. The van der Waals surface area contributed by atoms with Gasteiger partial charge in [-0.25, -0.2) is 0 Å². The Bertz CT molecular complexity index is 240. The lowest BCUT2D eigenvalue weighted by Crippen LogP contribution is -2.42. The lowest BCUT2D eigenvalue weighted by Gasteiger charge is -2.42. The van der Waals surface area contributed by atoms with Crippen LogP contribution in [0.3, 0.4) is 0 Å². The van der Waals surface area contributed by atoms with Gasteiger partial charge in [0.15, 0.2) is 0 Å². The smallest absolute Gasteiger partial charge is 0.0678 e. The molecule has 0 heterocycles. The van der Waals surface area contributed by atoms with Gasteiger partial charge in [0.1, 0.15) is 0 Å². The maximum atomic E-state index is 10.3. The molecule has 0 saturated heterocycles. The first-order chi connectivity index (χ1) is 6.06. The molecule has 2 aliphatic rings. The van der Waals surface area contributed by atoms with E-state index in [9.17, 15) is 5.11 Å². The van der Waals surface area contributed by atoms with E-state index in [1.807, 2.05) is 6.92 Å². The van der Waals surface area contributed by atoms with Crippen LogP contribution in [-0.4, -0.2) is 10.7 Å². The van der Waals surface area contributed by atoms with Crippen LogP contribution in [0, 0.1) is 5.41 Å². The molecule has 2 aliphatic carbocycles. The first kappa shape index (κ1) is 9.26. The topological polar surface area (TPSA) is 20.2 Å². The number of rotatable bonds is 0. The molecule has 1 spiro atoms. The lowest BCUT2D eigenvalue weighted by atomic mass is 9.66. The molecule has 74 valence electrons. The minimum atomic E-state index is -0.399. The van der Waals surface area contributed by atoms with Gasteiger partial charge in [-0.15, -0.1) is 0 Å². The minimum absolute atomic E-state index is 0.229. The molecule has 13 heavy (non-hydrogen) atoms. The monoisotopic (exact) mass is 180 g/mol. The fraction of sp³-hybridized carbons (Fsp3) is 0.833. The molecule has 0 radical (unpaired) electrons. The van der Waals surface area contributed by atoms with E-state index >= 15 is 0 Å². The third kappa shape index (κ3) is 1.34. The Morgan fingerprint density at radius 2 is 2.08 bits per heavy atom. The molecule has 0 aliphatic heterocycles. The zero-order valence-corrected chi connectivity index (χ0v) is 8.77. The molecule has 2 atom stereocenters. The summed E-state index contributed by atoms with van der Waals surface area (Å²) in [5.41, 5.74) is 1.34. The van der Waals surface area contributed by atoms with Gasteiger partial charge in [-0.3, -0.25) is 0 Å². The highest BCUT2D eigenvalue weighted by Crippen LogP contribution is 2.54. The predicted molar refractivity (Wildman–Crippen MR) is 54.5 cm³/mol. The van der Waals surface area contributed by atoms with Crippen LogP contribution < -0.4 is 0 Å². The normalized spacial score (nSPS) is 45.3. The Morgan fingerprint density at radius 1 is 1.31 bits per heavy atom. The molecule has 1 nitrogen and oxygen atoms in total. The molecule has 0 aromatic rings.